The highest BCUT2D eigenvalue weighted by atomic mass is 32.2. The molecule has 0 radical (unpaired) electrons. The van der Waals surface area contributed by atoms with Crippen LogP contribution in [-0.4, -0.2) is 29.2 Å². The summed E-state index contributed by atoms with van der Waals surface area (Å²) in [5.74, 6) is 0. The van der Waals surface area contributed by atoms with Gasteiger partial charge in [0.05, 0.1) is 6.07 Å². The zero-order chi connectivity index (χ0) is 16.3. The third-order valence-corrected chi connectivity index (χ3v) is 5.31. The molecule has 0 bridgehead atoms. The first kappa shape index (κ1) is 15.2. The first-order valence-electron chi connectivity index (χ1n) is 6.96. The fraction of sp³-hybridized carbons (Fsp3) is 0.125. The van der Waals surface area contributed by atoms with Crippen LogP contribution in [0.5, 0.6) is 0 Å². The molecule has 23 heavy (non-hydrogen) atoms. The minimum Gasteiger partial charge on any atom is -0.345 e. The lowest BCUT2D eigenvalue weighted by Crippen LogP contribution is -2.31. The summed E-state index contributed by atoms with van der Waals surface area (Å²) in [4.78, 5) is 7.09. The van der Waals surface area contributed by atoms with Gasteiger partial charge in [-0.2, -0.15) is 9.57 Å². The molecule has 2 aromatic heterocycles. The van der Waals surface area contributed by atoms with Crippen molar-refractivity contribution < 1.29 is 8.42 Å². The Morgan fingerprint density at radius 1 is 1.17 bits per heavy atom. The van der Waals surface area contributed by atoms with E-state index >= 15 is 0 Å². The van der Waals surface area contributed by atoms with Crippen molar-refractivity contribution in [3.63, 3.8) is 0 Å². The molecule has 6 nitrogen and oxygen atoms in total. The molecule has 1 N–H and O–H groups in total. The van der Waals surface area contributed by atoms with Crippen LogP contribution in [-0.2, 0) is 16.6 Å². The fourth-order valence-electron chi connectivity index (χ4n) is 2.38. The Balaban J connectivity index is 2.02. The number of hydrogen-bond acceptors (Lipinski definition) is 4. The van der Waals surface area contributed by atoms with Gasteiger partial charge in [0.25, 0.3) is 0 Å². The molecule has 0 saturated carbocycles. The highest BCUT2D eigenvalue weighted by Crippen LogP contribution is 2.25. The number of pyridine rings is 1. The molecule has 0 unspecified atom stereocenters. The van der Waals surface area contributed by atoms with Crippen molar-refractivity contribution in [2.24, 2.45) is 0 Å². The van der Waals surface area contributed by atoms with Crippen LogP contribution in [0.2, 0.25) is 0 Å². The number of hydrogen-bond donors (Lipinski definition) is 1. The average Bonchev–Trinajstić information content (AvgIpc) is 3.00. The quantitative estimate of drug-likeness (QED) is 0.728. The normalized spacial score (nSPS) is 11.7. The first-order valence-corrected chi connectivity index (χ1v) is 8.40. The first-order chi connectivity index (χ1) is 11.1. The van der Waals surface area contributed by atoms with Crippen LogP contribution in [0.3, 0.4) is 0 Å². The van der Waals surface area contributed by atoms with Gasteiger partial charge in [0.15, 0.2) is 0 Å². The number of fused-ring (bicyclic) bond motifs is 1. The van der Waals surface area contributed by atoms with Gasteiger partial charge in [0.2, 0.25) is 10.0 Å². The molecule has 0 fully saturated rings. The highest BCUT2D eigenvalue weighted by Gasteiger charge is 2.27. The number of rotatable bonds is 5. The second kappa shape index (κ2) is 6.20. The lowest BCUT2D eigenvalue weighted by molar-refractivity contribution is 0.442. The van der Waals surface area contributed by atoms with E-state index in [2.05, 4.69) is 9.97 Å². The van der Waals surface area contributed by atoms with E-state index in [9.17, 15) is 8.42 Å². The maximum atomic E-state index is 12.9. The molecule has 0 aliphatic carbocycles. The van der Waals surface area contributed by atoms with Crippen molar-refractivity contribution in [3.8, 4) is 6.07 Å². The van der Waals surface area contributed by atoms with E-state index in [0.29, 0.717) is 11.0 Å². The van der Waals surface area contributed by atoms with E-state index in [1.165, 1.54) is 6.20 Å². The number of aromatic amines is 1. The van der Waals surface area contributed by atoms with E-state index in [1.807, 2.05) is 36.4 Å². The van der Waals surface area contributed by atoms with Crippen molar-refractivity contribution in [2.45, 2.75) is 11.4 Å². The zero-order valence-electron chi connectivity index (χ0n) is 12.2. The number of nitrogens with one attached hydrogen (secondary N) is 1. The third-order valence-electron chi connectivity index (χ3n) is 3.48. The number of H-pyrrole nitrogens is 1. The summed E-state index contributed by atoms with van der Waals surface area (Å²) in [5, 5.41) is 9.53. The number of nitriles is 1. The maximum Gasteiger partial charge on any atom is 0.246 e. The van der Waals surface area contributed by atoms with Crippen LogP contribution in [0.4, 0.5) is 0 Å². The predicted molar refractivity (Wildman–Crippen MR) is 85.7 cm³/mol. The molecule has 116 valence electrons. The lowest BCUT2D eigenvalue weighted by Gasteiger charge is -2.19. The Kier molecular flexibility index (Phi) is 4.10. The van der Waals surface area contributed by atoms with E-state index < -0.39 is 10.0 Å². The Morgan fingerprint density at radius 3 is 2.70 bits per heavy atom. The lowest BCUT2D eigenvalue weighted by atomic mass is 10.2. The van der Waals surface area contributed by atoms with Crippen molar-refractivity contribution in [2.75, 3.05) is 6.54 Å². The number of aromatic nitrogens is 2. The molecule has 0 saturated heterocycles. The summed E-state index contributed by atoms with van der Waals surface area (Å²) < 4.78 is 27.0. The summed E-state index contributed by atoms with van der Waals surface area (Å²) in [6, 6.07) is 14.5. The molecule has 0 spiro atoms. The summed E-state index contributed by atoms with van der Waals surface area (Å²) in [6.07, 6.45) is 3.01. The summed E-state index contributed by atoms with van der Waals surface area (Å²) >= 11 is 0. The van der Waals surface area contributed by atoms with Gasteiger partial charge in [-0.05, 0) is 17.7 Å². The van der Waals surface area contributed by atoms with Gasteiger partial charge in [0.1, 0.15) is 17.1 Å². The standard InChI is InChI=1S/C16H14N4O2S/c17-8-10-20(12-13-5-2-1-3-6-13)23(21,22)15-11-19-16-14(15)7-4-9-18-16/h1-7,9,11H,10,12H2,(H,18,19). The summed E-state index contributed by atoms with van der Waals surface area (Å²) in [6.45, 7) is -0.0756. The van der Waals surface area contributed by atoms with Crippen molar-refractivity contribution >= 4 is 21.1 Å². The third kappa shape index (κ3) is 2.95. The molecule has 2 heterocycles. The highest BCUT2D eigenvalue weighted by molar-refractivity contribution is 7.89. The molecule has 0 atom stereocenters. The Labute approximate surface area is 134 Å². The van der Waals surface area contributed by atoms with Gasteiger partial charge >= 0.3 is 0 Å². The minimum atomic E-state index is -3.81. The number of nitrogens with zero attached hydrogens (tertiary/aromatic N) is 3. The maximum absolute atomic E-state index is 12.9. The van der Waals surface area contributed by atoms with Gasteiger partial charge in [0, 0.05) is 24.3 Å². The van der Waals surface area contributed by atoms with E-state index in [-0.39, 0.29) is 18.0 Å². The molecular weight excluding hydrogens is 312 g/mol. The Bertz CT molecular complexity index is 958. The molecule has 3 rings (SSSR count). The van der Waals surface area contributed by atoms with Gasteiger partial charge in [-0.1, -0.05) is 30.3 Å². The number of sulfonamides is 1. The molecule has 7 heteroatoms. The second-order valence-corrected chi connectivity index (χ2v) is 6.88. The molecule has 0 aliphatic heterocycles. The van der Waals surface area contributed by atoms with Crippen molar-refractivity contribution in [1.82, 2.24) is 14.3 Å². The monoisotopic (exact) mass is 326 g/mol. The topological polar surface area (TPSA) is 89.9 Å². The SMILES string of the molecule is N#CCN(Cc1ccccc1)S(=O)(=O)c1c[nH]c2ncccc12. The fourth-order valence-corrected chi connectivity index (χ4v) is 3.85. The van der Waals surface area contributed by atoms with Crippen LogP contribution in [0.1, 0.15) is 5.56 Å². The minimum absolute atomic E-state index is 0.131. The average molecular weight is 326 g/mol. The molecule has 0 amide bonds. The summed E-state index contributed by atoms with van der Waals surface area (Å²) in [5.41, 5.74) is 1.33. The molecule has 3 aromatic rings. The van der Waals surface area contributed by atoms with Crippen LogP contribution in [0, 0.1) is 11.3 Å². The molecule has 1 aromatic carbocycles. The Hall–Kier alpha value is -2.69. The summed E-state index contributed by atoms with van der Waals surface area (Å²) in [7, 11) is -3.81. The molecule has 0 aliphatic rings. The van der Waals surface area contributed by atoms with Gasteiger partial charge in [-0.3, -0.25) is 0 Å². The predicted octanol–water partition coefficient (Wildman–Crippen LogP) is 2.28. The van der Waals surface area contributed by atoms with Gasteiger partial charge in [-0.15, -0.1) is 0 Å². The molecular formula is C16H14N4O2S. The van der Waals surface area contributed by atoms with E-state index in [4.69, 9.17) is 5.26 Å². The van der Waals surface area contributed by atoms with Crippen LogP contribution < -0.4 is 0 Å². The van der Waals surface area contributed by atoms with E-state index in [1.54, 1.807) is 18.3 Å². The van der Waals surface area contributed by atoms with E-state index in [0.717, 1.165) is 9.87 Å². The Morgan fingerprint density at radius 2 is 1.96 bits per heavy atom. The van der Waals surface area contributed by atoms with Crippen molar-refractivity contribution in [3.05, 3.63) is 60.4 Å². The van der Waals surface area contributed by atoms with Gasteiger partial charge in [-0.25, -0.2) is 13.4 Å². The van der Waals surface area contributed by atoms with Crippen LogP contribution >= 0.6 is 0 Å². The zero-order valence-corrected chi connectivity index (χ0v) is 13.0. The number of benzene rings is 1. The smallest absolute Gasteiger partial charge is 0.246 e. The van der Waals surface area contributed by atoms with Crippen LogP contribution in [0.15, 0.2) is 59.8 Å². The second-order valence-electron chi connectivity index (χ2n) is 4.97. The van der Waals surface area contributed by atoms with Gasteiger partial charge < -0.3 is 4.98 Å². The van der Waals surface area contributed by atoms with Crippen LogP contribution in [0.25, 0.3) is 11.0 Å². The van der Waals surface area contributed by atoms with Crippen molar-refractivity contribution in [1.29, 1.82) is 5.26 Å². The largest absolute Gasteiger partial charge is 0.345 e.